The second-order valence-corrected chi connectivity index (χ2v) is 12.3. The van der Waals surface area contributed by atoms with E-state index >= 15 is 0 Å². The quantitative estimate of drug-likeness (QED) is 0.152. The van der Waals surface area contributed by atoms with Gasteiger partial charge in [0.05, 0.1) is 6.61 Å². The standard InChI is InChI=1S/C16H31ClO2Si/c1-5-20(17,6-2)14-12-10-8-7-9-11-13-19-16(18)15(3)4/h3,5-14H2,1-2,4H3. The topological polar surface area (TPSA) is 26.3 Å². The van der Waals surface area contributed by atoms with E-state index in [0.717, 1.165) is 12.8 Å². The van der Waals surface area contributed by atoms with Gasteiger partial charge >= 0.3 is 5.97 Å². The summed E-state index contributed by atoms with van der Waals surface area (Å²) in [6, 6.07) is 3.65. The number of carbonyl (C=O) groups excluding carboxylic acids is 1. The van der Waals surface area contributed by atoms with Gasteiger partial charge in [-0.1, -0.05) is 52.5 Å². The number of esters is 1. The van der Waals surface area contributed by atoms with E-state index in [1.807, 2.05) is 0 Å². The fourth-order valence-corrected chi connectivity index (χ4v) is 4.63. The van der Waals surface area contributed by atoms with Crippen LogP contribution in [0, 0.1) is 0 Å². The lowest BCUT2D eigenvalue weighted by Gasteiger charge is -2.20. The lowest BCUT2D eigenvalue weighted by Crippen LogP contribution is -2.23. The van der Waals surface area contributed by atoms with Crippen molar-refractivity contribution in [2.45, 2.75) is 77.4 Å². The molecule has 0 aromatic heterocycles. The predicted molar refractivity (Wildman–Crippen MR) is 90.9 cm³/mol. The van der Waals surface area contributed by atoms with E-state index in [4.69, 9.17) is 15.8 Å². The number of ether oxygens (including phenoxy) is 1. The molecule has 0 spiro atoms. The molecule has 0 radical (unpaired) electrons. The van der Waals surface area contributed by atoms with E-state index in [2.05, 4.69) is 20.4 Å². The summed E-state index contributed by atoms with van der Waals surface area (Å²) in [6.07, 6.45) is 7.14. The molecule has 0 aliphatic rings. The van der Waals surface area contributed by atoms with Crippen molar-refractivity contribution in [3.8, 4) is 0 Å². The fraction of sp³-hybridized carbons (Fsp3) is 0.812. The van der Waals surface area contributed by atoms with Crippen molar-refractivity contribution in [3.63, 3.8) is 0 Å². The summed E-state index contributed by atoms with van der Waals surface area (Å²) in [4.78, 5) is 11.1. The molecule has 0 aliphatic heterocycles. The molecule has 0 bridgehead atoms. The van der Waals surface area contributed by atoms with Crippen LogP contribution in [0.15, 0.2) is 12.2 Å². The molecule has 0 aliphatic carbocycles. The Morgan fingerprint density at radius 2 is 1.55 bits per heavy atom. The van der Waals surface area contributed by atoms with Gasteiger partial charge in [0.25, 0.3) is 0 Å². The first-order chi connectivity index (χ1) is 9.45. The van der Waals surface area contributed by atoms with Crippen LogP contribution in [0.3, 0.4) is 0 Å². The molecule has 118 valence electrons. The molecule has 0 unspecified atom stereocenters. The van der Waals surface area contributed by atoms with Gasteiger partial charge in [-0.15, -0.1) is 0 Å². The summed E-state index contributed by atoms with van der Waals surface area (Å²) in [5.74, 6) is -0.271. The number of hydrogen-bond donors (Lipinski definition) is 0. The van der Waals surface area contributed by atoms with Gasteiger partial charge in [0.2, 0.25) is 0 Å². The monoisotopic (exact) mass is 318 g/mol. The summed E-state index contributed by atoms with van der Waals surface area (Å²) >= 11 is 6.63. The van der Waals surface area contributed by atoms with Crippen molar-refractivity contribution in [2.24, 2.45) is 0 Å². The summed E-state index contributed by atoms with van der Waals surface area (Å²) in [5, 5.41) is 0. The molecule has 0 fully saturated rings. The van der Waals surface area contributed by atoms with Gasteiger partial charge in [-0.2, -0.15) is 11.1 Å². The molecule has 0 saturated carbocycles. The van der Waals surface area contributed by atoms with E-state index < -0.39 is 7.38 Å². The maximum Gasteiger partial charge on any atom is 0.333 e. The van der Waals surface area contributed by atoms with Crippen LogP contribution in [0.2, 0.25) is 18.1 Å². The number of unbranched alkanes of at least 4 members (excludes halogenated alkanes) is 5. The Morgan fingerprint density at radius 3 is 2.05 bits per heavy atom. The van der Waals surface area contributed by atoms with Crippen molar-refractivity contribution >= 4 is 24.4 Å². The van der Waals surface area contributed by atoms with Gasteiger partial charge in [0, 0.05) is 5.57 Å². The number of hydrogen-bond acceptors (Lipinski definition) is 2. The van der Waals surface area contributed by atoms with Gasteiger partial charge in [-0.05, 0) is 31.5 Å². The Balaban J connectivity index is 3.37. The Labute approximate surface area is 130 Å². The Morgan fingerprint density at radius 1 is 1.05 bits per heavy atom. The highest BCUT2D eigenvalue weighted by Crippen LogP contribution is 2.27. The SMILES string of the molecule is C=C(C)C(=O)OCCCCCCCC[Si](Cl)(CC)CC. The zero-order valence-corrected chi connectivity index (χ0v) is 15.2. The number of carbonyl (C=O) groups is 1. The molecule has 2 nitrogen and oxygen atoms in total. The van der Waals surface area contributed by atoms with Crippen LogP contribution in [-0.4, -0.2) is 20.0 Å². The third kappa shape index (κ3) is 9.59. The molecule has 20 heavy (non-hydrogen) atoms. The molecule has 0 aromatic carbocycles. The van der Waals surface area contributed by atoms with E-state index in [0.29, 0.717) is 12.2 Å². The number of halogens is 1. The summed E-state index contributed by atoms with van der Waals surface area (Å²) < 4.78 is 5.05. The molecular weight excluding hydrogens is 288 g/mol. The van der Waals surface area contributed by atoms with Crippen LogP contribution in [-0.2, 0) is 9.53 Å². The van der Waals surface area contributed by atoms with Gasteiger partial charge < -0.3 is 4.74 Å². The molecule has 0 amide bonds. The fourth-order valence-electron chi connectivity index (χ4n) is 2.14. The van der Waals surface area contributed by atoms with Crippen LogP contribution < -0.4 is 0 Å². The van der Waals surface area contributed by atoms with Gasteiger partial charge in [0.1, 0.15) is 0 Å². The lowest BCUT2D eigenvalue weighted by atomic mass is 10.1. The van der Waals surface area contributed by atoms with Crippen LogP contribution in [0.4, 0.5) is 0 Å². The number of rotatable bonds is 12. The zero-order valence-electron chi connectivity index (χ0n) is 13.5. The highest BCUT2D eigenvalue weighted by Gasteiger charge is 2.24. The van der Waals surface area contributed by atoms with Gasteiger partial charge in [-0.25, -0.2) is 4.79 Å². The molecular formula is C16H31ClO2Si. The maximum atomic E-state index is 11.1. The minimum absolute atomic E-state index is 0.271. The first kappa shape index (κ1) is 19.7. The third-order valence-corrected chi connectivity index (χ3v) is 9.82. The van der Waals surface area contributed by atoms with Crippen molar-refractivity contribution < 1.29 is 9.53 Å². The summed E-state index contributed by atoms with van der Waals surface area (Å²) in [7, 11) is -1.40. The first-order valence-electron chi connectivity index (χ1n) is 7.96. The molecule has 0 heterocycles. The lowest BCUT2D eigenvalue weighted by molar-refractivity contribution is -0.139. The van der Waals surface area contributed by atoms with E-state index in [1.54, 1.807) is 6.92 Å². The molecule has 0 saturated heterocycles. The van der Waals surface area contributed by atoms with Gasteiger partial charge in [-0.3, -0.25) is 0 Å². The molecule has 0 atom stereocenters. The van der Waals surface area contributed by atoms with Gasteiger partial charge in [0.15, 0.2) is 7.38 Å². The van der Waals surface area contributed by atoms with Crippen LogP contribution in [0.1, 0.15) is 59.3 Å². The Bertz CT molecular complexity index is 288. The van der Waals surface area contributed by atoms with E-state index in [-0.39, 0.29) is 5.97 Å². The zero-order chi connectivity index (χ0) is 15.4. The third-order valence-electron chi connectivity index (χ3n) is 3.87. The minimum atomic E-state index is -1.40. The molecule has 0 N–H and O–H groups in total. The maximum absolute atomic E-state index is 11.1. The second-order valence-electron chi connectivity index (χ2n) is 5.65. The molecule has 0 aromatic rings. The highest BCUT2D eigenvalue weighted by atomic mass is 35.6. The van der Waals surface area contributed by atoms with E-state index in [9.17, 15) is 4.79 Å². The Hall–Kier alpha value is -0.283. The molecule has 4 heteroatoms. The normalized spacial score (nSPS) is 11.4. The van der Waals surface area contributed by atoms with Crippen molar-refractivity contribution in [1.82, 2.24) is 0 Å². The summed E-state index contributed by atoms with van der Waals surface area (Å²) in [6.45, 7) is 10.2. The minimum Gasteiger partial charge on any atom is -0.462 e. The highest BCUT2D eigenvalue weighted by molar-refractivity contribution is 7.20. The Kier molecular flexibility index (Phi) is 11.2. The van der Waals surface area contributed by atoms with Crippen LogP contribution in [0.5, 0.6) is 0 Å². The first-order valence-corrected chi connectivity index (χ1v) is 11.6. The largest absolute Gasteiger partial charge is 0.462 e. The predicted octanol–water partition coefficient (Wildman–Crippen LogP) is 5.67. The van der Waals surface area contributed by atoms with Crippen molar-refractivity contribution in [1.29, 1.82) is 0 Å². The van der Waals surface area contributed by atoms with Crippen LogP contribution in [0.25, 0.3) is 0 Å². The molecule has 0 rings (SSSR count). The smallest absolute Gasteiger partial charge is 0.333 e. The second kappa shape index (κ2) is 11.4. The average Bonchev–Trinajstić information content (AvgIpc) is 2.44. The van der Waals surface area contributed by atoms with Crippen molar-refractivity contribution in [2.75, 3.05) is 6.61 Å². The van der Waals surface area contributed by atoms with E-state index in [1.165, 1.54) is 43.8 Å². The van der Waals surface area contributed by atoms with Crippen molar-refractivity contribution in [3.05, 3.63) is 12.2 Å². The summed E-state index contributed by atoms with van der Waals surface area (Å²) in [5.41, 5.74) is 0.477. The van der Waals surface area contributed by atoms with Crippen LogP contribution >= 0.6 is 11.1 Å². The average molecular weight is 319 g/mol.